The van der Waals surface area contributed by atoms with Crippen molar-refractivity contribution in [3.05, 3.63) is 65.5 Å². The van der Waals surface area contributed by atoms with Gasteiger partial charge in [-0.25, -0.2) is 8.78 Å². The summed E-state index contributed by atoms with van der Waals surface area (Å²) < 4.78 is 26.6. The molecule has 0 radical (unpaired) electrons. The van der Waals surface area contributed by atoms with Crippen LogP contribution in [0.2, 0.25) is 0 Å². The number of carbonyl (C=O) groups is 1. The Hall–Kier alpha value is -2.34. The lowest BCUT2D eigenvalue weighted by Crippen LogP contribution is -2.49. The summed E-state index contributed by atoms with van der Waals surface area (Å²) in [6.45, 7) is 2.09. The molecule has 3 unspecified atom stereocenters. The van der Waals surface area contributed by atoms with E-state index in [0.717, 1.165) is 18.2 Å². The number of nitrogens with one attached hydrogen (secondary N) is 1. The Balaban J connectivity index is 1.51. The summed E-state index contributed by atoms with van der Waals surface area (Å²) >= 11 is 0. The molecular formula is C19H19F2N3O. The molecule has 1 saturated heterocycles. The number of hydrogen-bond donors (Lipinski definition) is 1. The van der Waals surface area contributed by atoms with Crippen molar-refractivity contribution in [2.75, 3.05) is 19.6 Å². The molecule has 25 heavy (non-hydrogen) atoms. The number of hydrogen-bond acceptors (Lipinski definition) is 3. The van der Waals surface area contributed by atoms with E-state index in [0.29, 0.717) is 25.1 Å². The van der Waals surface area contributed by atoms with Crippen molar-refractivity contribution in [2.24, 2.45) is 5.92 Å². The number of piperazine rings is 1. The van der Waals surface area contributed by atoms with Crippen LogP contribution in [0.15, 0.2) is 42.7 Å². The molecule has 2 heterocycles. The van der Waals surface area contributed by atoms with Crippen LogP contribution >= 0.6 is 0 Å². The standard InChI is InChI=1S/C19H19F2N3O/c20-16-4-3-12(8-17(16)21)14-9-15(14)19(25)24-7-6-23-11-18(24)13-2-1-5-22-10-13/h1-5,8,10,14-15,18,23H,6-7,9,11H2. The molecular weight excluding hydrogens is 324 g/mol. The first kappa shape index (κ1) is 16.1. The Morgan fingerprint density at radius 1 is 1.20 bits per heavy atom. The van der Waals surface area contributed by atoms with Gasteiger partial charge in [0.2, 0.25) is 5.91 Å². The third kappa shape index (κ3) is 3.14. The van der Waals surface area contributed by atoms with Crippen molar-refractivity contribution in [2.45, 2.75) is 18.4 Å². The maximum Gasteiger partial charge on any atom is 0.226 e. The molecule has 4 rings (SSSR count). The molecule has 0 bridgehead atoms. The molecule has 3 atom stereocenters. The fourth-order valence-electron chi connectivity index (χ4n) is 3.63. The molecule has 0 spiro atoms. The van der Waals surface area contributed by atoms with Crippen LogP contribution in [0.3, 0.4) is 0 Å². The lowest BCUT2D eigenvalue weighted by molar-refractivity contribution is -0.136. The number of nitrogens with zero attached hydrogens (tertiary/aromatic N) is 2. The quantitative estimate of drug-likeness (QED) is 0.932. The van der Waals surface area contributed by atoms with Gasteiger partial charge in [0.15, 0.2) is 11.6 Å². The first-order valence-corrected chi connectivity index (χ1v) is 8.51. The van der Waals surface area contributed by atoms with Gasteiger partial charge in [0, 0.05) is 37.9 Å². The Kier molecular flexibility index (Phi) is 4.21. The van der Waals surface area contributed by atoms with E-state index in [1.807, 2.05) is 17.0 Å². The number of carbonyl (C=O) groups excluding carboxylic acids is 1. The van der Waals surface area contributed by atoms with Crippen molar-refractivity contribution in [3.63, 3.8) is 0 Å². The number of benzene rings is 1. The topological polar surface area (TPSA) is 45.2 Å². The van der Waals surface area contributed by atoms with E-state index in [1.54, 1.807) is 18.5 Å². The number of aromatic nitrogens is 1. The van der Waals surface area contributed by atoms with Crippen LogP contribution in [-0.4, -0.2) is 35.4 Å². The largest absolute Gasteiger partial charge is 0.333 e. The third-order valence-electron chi connectivity index (χ3n) is 5.08. The van der Waals surface area contributed by atoms with Crippen LogP contribution in [0, 0.1) is 17.6 Å². The summed E-state index contributed by atoms with van der Waals surface area (Å²) in [5.74, 6) is -1.80. The van der Waals surface area contributed by atoms with Crippen LogP contribution in [0.4, 0.5) is 8.78 Å². The average molecular weight is 343 g/mol. The Bertz CT molecular complexity index is 783. The zero-order chi connectivity index (χ0) is 17.4. The van der Waals surface area contributed by atoms with Crippen molar-refractivity contribution in [1.29, 1.82) is 0 Å². The Labute approximate surface area is 144 Å². The molecule has 1 aromatic heterocycles. The van der Waals surface area contributed by atoms with E-state index in [1.165, 1.54) is 6.07 Å². The van der Waals surface area contributed by atoms with Gasteiger partial charge < -0.3 is 10.2 Å². The summed E-state index contributed by atoms with van der Waals surface area (Å²) in [6.07, 6.45) is 4.19. The second-order valence-electron chi connectivity index (χ2n) is 6.66. The number of rotatable bonds is 3. The maximum absolute atomic E-state index is 13.4. The second kappa shape index (κ2) is 6.52. The molecule has 2 fully saturated rings. The van der Waals surface area contributed by atoms with E-state index in [9.17, 15) is 13.6 Å². The Morgan fingerprint density at radius 2 is 2.08 bits per heavy atom. The van der Waals surface area contributed by atoms with Crippen LogP contribution in [0.5, 0.6) is 0 Å². The maximum atomic E-state index is 13.4. The average Bonchev–Trinajstić information content (AvgIpc) is 3.45. The SMILES string of the molecule is O=C(C1CC1c1ccc(F)c(F)c1)N1CCNCC1c1cccnc1. The Morgan fingerprint density at radius 3 is 2.84 bits per heavy atom. The van der Waals surface area contributed by atoms with Gasteiger partial charge >= 0.3 is 0 Å². The zero-order valence-corrected chi connectivity index (χ0v) is 13.7. The van der Waals surface area contributed by atoms with Crippen molar-refractivity contribution < 1.29 is 13.6 Å². The van der Waals surface area contributed by atoms with E-state index >= 15 is 0 Å². The summed E-state index contributed by atoms with van der Waals surface area (Å²) in [7, 11) is 0. The van der Waals surface area contributed by atoms with Gasteiger partial charge in [-0.3, -0.25) is 9.78 Å². The minimum atomic E-state index is -0.856. The predicted molar refractivity (Wildman–Crippen MR) is 88.8 cm³/mol. The fraction of sp³-hybridized carbons (Fsp3) is 0.368. The summed E-state index contributed by atoms with van der Waals surface area (Å²) in [6, 6.07) is 7.73. The predicted octanol–water partition coefficient (Wildman–Crippen LogP) is 2.64. The van der Waals surface area contributed by atoms with Gasteiger partial charge in [-0.2, -0.15) is 0 Å². The molecule has 2 aliphatic rings. The molecule has 1 aliphatic carbocycles. The minimum Gasteiger partial charge on any atom is -0.333 e. The lowest BCUT2D eigenvalue weighted by atomic mass is 10.0. The highest BCUT2D eigenvalue weighted by atomic mass is 19.2. The molecule has 6 heteroatoms. The molecule has 1 aromatic carbocycles. The fourth-order valence-corrected chi connectivity index (χ4v) is 3.63. The highest BCUT2D eigenvalue weighted by Gasteiger charge is 2.47. The number of halogens is 2. The second-order valence-corrected chi connectivity index (χ2v) is 6.66. The van der Waals surface area contributed by atoms with Gasteiger partial charge in [0.1, 0.15) is 0 Å². The molecule has 1 aliphatic heterocycles. The molecule has 2 aromatic rings. The number of amides is 1. The molecule has 4 nitrogen and oxygen atoms in total. The monoisotopic (exact) mass is 343 g/mol. The van der Waals surface area contributed by atoms with E-state index in [-0.39, 0.29) is 23.8 Å². The van der Waals surface area contributed by atoms with E-state index in [4.69, 9.17) is 0 Å². The molecule has 130 valence electrons. The van der Waals surface area contributed by atoms with Crippen molar-refractivity contribution in [1.82, 2.24) is 15.2 Å². The number of pyridine rings is 1. The molecule has 1 saturated carbocycles. The summed E-state index contributed by atoms with van der Waals surface area (Å²) in [5, 5.41) is 3.32. The van der Waals surface area contributed by atoms with Crippen LogP contribution in [0.1, 0.15) is 29.5 Å². The minimum absolute atomic E-state index is 0.0213. The van der Waals surface area contributed by atoms with E-state index in [2.05, 4.69) is 10.3 Å². The molecule has 1 amide bonds. The van der Waals surface area contributed by atoms with Crippen LogP contribution < -0.4 is 5.32 Å². The van der Waals surface area contributed by atoms with Crippen molar-refractivity contribution in [3.8, 4) is 0 Å². The lowest BCUT2D eigenvalue weighted by Gasteiger charge is -2.36. The first-order chi connectivity index (χ1) is 12.1. The first-order valence-electron chi connectivity index (χ1n) is 8.51. The highest BCUT2D eigenvalue weighted by Crippen LogP contribution is 2.49. The smallest absolute Gasteiger partial charge is 0.226 e. The summed E-state index contributed by atoms with van der Waals surface area (Å²) in [5.41, 5.74) is 1.71. The highest BCUT2D eigenvalue weighted by molar-refractivity contribution is 5.83. The van der Waals surface area contributed by atoms with Gasteiger partial charge in [0.25, 0.3) is 0 Å². The van der Waals surface area contributed by atoms with Crippen LogP contribution in [0.25, 0.3) is 0 Å². The van der Waals surface area contributed by atoms with Crippen LogP contribution in [-0.2, 0) is 4.79 Å². The van der Waals surface area contributed by atoms with E-state index < -0.39 is 11.6 Å². The summed E-state index contributed by atoms with van der Waals surface area (Å²) in [4.78, 5) is 19.0. The van der Waals surface area contributed by atoms with Gasteiger partial charge in [-0.05, 0) is 41.7 Å². The zero-order valence-electron chi connectivity index (χ0n) is 13.7. The molecule has 1 N–H and O–H groups in total. The normalized spacial score (nSPS) is 25.7. The van der Waals surface area contributed by atoms with Gasteiger partial charge in [-0.1, -0.05) is 12.1 Å². The van der Waals surface area contributed by atoms with Gasteiger partial charge in [0.05, 0.1) is 6.04 Å². The third-order valence-corrected chi connectivity index (χ3v) is 5.08. The van der Waals surface area contributed by atoms with Crippen molar-refractivity contribution >= 4 is 5.91 Å². The van der Waals surface area contributed by atoms with Gasteiger partial charge in [-0.15, -0.1) is 0 Å².